The van der Waals surface area contributed by atoms with Gasteiger partial charge in [-0.15, -0.1) is 6.58 Å². The van der Waals surface area contributed by atoms with E-state index in [0.717, 1.165) is 36.1 Å². The Hall–Kier alpha value is -2.33. The van der Waals surface area contributed by atoms with Gasteiger partial charge in [0.05, 0.1) is 18.3 Å². The molecule has 3 rings (SSSR count). The van der Waals surface area contributed by atoms with E-state index in [-0.39, 0.29) is 17.9 Å². The third-order valence-corrected chi connectivity index (χ3v) is 5.04. The van der Waals surface area contributed by atoms with Gasteiger partial charge in [-0.25, -0.2) is 0 Å². The highest BCUT2D eigenvalue weighted by Crippen LogP contribution is 2.36. The van der Waals surface area contributed by atoms with E-state index >= 15 is 0 Å². The molecule has 2 aromatic rings. The average Bonchev–Trinajstić information content (AvgIpc) is 3.07. The van der Waals surface area contributed by atoms with E-state index in [9.17, 15) is 13.2 Å². The second-order valence-corrected chi connectivity index (χ2v) is 6.88. The zero-order valence-corrected chi connectivity index (χ0v) is 15.0. The summed E-state index contributed by atoms with van der Waals surface area (Å²) < 4.78 is 44.1. The molecule has 0 radical (unpaired) electrons. The van der Waals surface area contributed by atoms with Gasteiger partial charge in [-0.1, -0.05) is 60.7 Å². The van der Waals surface area contributed by atoms with Crippen LogP contribution in [0.3, 0.4) is 0 Å². The fourth-order valence-electron chi connectivity index (χ4n) is 3.52. The van der Waals surface area contributed by atoms with E-state index in [1.54, 1.807) is 0 Å². The third-order valence-electron chi connectivity index (χ3n) is 5.04. The summed E-state index contributed by atoms with van der Waals surface area (Å²) in [6.07, 6.45) is 3.90. The Morgan fingerprint density at radius 2 is 1.63 bits per heavy atom. The maximum absolute atomic E-state index is 12.7. The number of halogens is 3. The first-order valence-electron chi connectivity index (χ1n) is 9.11. The molecule has 3 atom stereocenters. The summed E-state index contributed by atoms with van der Waals surface area (Å²) in [6.45, 7) is 4.20. The van der Waals surface area contributed by atoms with Crippen molar-refractivity contribution in [1.82, 2.24) is 0 Å². The molecule has 0 N–H and O–H groups in total. The molecule has 27 heavy (non-hydrogen) atoms. The van der Waals surface area contributed by atoms with E-state index < -0.39 is 11.7 Å². The van der Waals surface area contributed by atoms with Gasteiger partial charge >= 0.3 is 6.18 Å². The Bertz CT molecular complexity index is 762. The van der Waals surface area contributed by atoms with Gasteiger partial charge < -0.3 is 4.74 Å². The van der Waals surface area contributed by atoms with Gasteiger partial charge in [-0.2, -0.15) is 13.2 Å². The number of hydrogen-bond donors (Lipinski definition) is 0. The lowest BCUT2D eigenvalue weighted by Gasteiger charge is -2.22. The van der Waals surface area contributed by atoms with Crippen LogP contribution >= 0.6 is 0 Å². The highest BCUT2D eigenvalue weighted by molar-refractivity contribution is 5.49. The quantitative estimate of drug-likeness (QED) is 0.525. The molecule has 0 unspecified atom stereocenters. The summed E-state index contributed by atoms with van der Waals surface area (Å²) in [7, 11) is 0. The summed E-state index contributed by atoms with van der Waals surface area (Å²) in [5, 5.41) is 0. The molecule has 2 aromatic carbocycles. The van der Waals surface area contributed by atoms with Gasteiger partial charge in [-0.05, 0) is 36.1 Å². The maximum Gasteiger partial charge on any atom is 0.416 e. The minimum absolute atomic E-state index is 0.00949. The van der Waals surface area contributed by atoms with Crippen molar-refractivity contribution in [2.75, 3.05) is 0 Å². The molecular formula is C23H23F3O. The van der Waals surface area contributed by atoms with Crippen LogP contribution < -0.4 is 0 Å². The van der Waals surface area contributed by atoms with E-state index in [4.69, 9.17) is 4.74 Å². The highest BCUT2D eigenvalue weighted by atomic mass is 19.4. The van der Waals surface area contributed by atoms with Crippen LogP contribution in [0, 0.1) is 11.8 Å². The van der Waals surface area contributed by atoms with Crippen LogP contribution in [0.4, 0.5) is 13.2 Å². The van der Waals surface area contributed by atoms with Gasteiger partial charge in [0.1, 0.15) is 0 Å². The molecule has 0 saturated heterocycles. The molecule has 142 valence electrons. The van der Waals surface area contributed by atoms with Crippen LogP contribution in [0.5, 0.6) is 0 Å². The van der Waals surface area contributed by atoms with Crippen LogP contribution in [0.1, 0.15) is 29.5 Å². The summed E-state index contributed by atoms with van der Waals surface area (Å²) in [6, 6.07) is 15.2. The summed E-state index contributed by atoms with van der Waals surface area (Å²) in [4.78, 5) is 0. The molecular weight excluding hydrogens is 349 g/mol. The highest BCUT2D eigenvalue weighted by Gasteiger charge is 2.34. The summed E-state index contributed by atoms with van der Waals surface area (Å²) in [5.41, 5.74) is 1.24. The van der Waals surface area contributed by atoms with Crippen molar-refractivity contribution in [2.24, 2.45) is 11.8 Å². The van der Waals surface area contributed by atoms with Crippen molar-refractivity contribution in [3.05, 3.63) is 90.0 Å². The number of alkyl halides is 3. The van der Waals surface area contributed by atoms with Crippen molar-refractivity contribution in [3.63, 3.8) is 0 Å². The van der Waals surface area contributed by atoms with E-state index in [0.29, 0.717) is 6.61 Å². The fraction of sp³-hybridized carbons (Fsp3) is 0.304. The monoisotopic (exact) mass is 372 g/mol. The normalized spacial score (nSPS) is 23.0. The van der Waals surface area contributed by atoms with Gasteiger partial charge in [0.2, 0.25) is 0 Å². The van der Waals surface area contributed by atoms with Gasteiger partial charge in [-0.3, -0.25) is 0 Å². The number of hydrogen-bond acceptors (Lipinski definition) is 1. The molecule has 0 aromatic heterocycles. The second-order valence-electron chi connectivity index (χ2n) is 6.88. The Morgan fingerprint density at radius 1 is 0.963 bits per heavy atom. The molecule has 0 bridgehead atoms. The second kappa shape index (κ2) is 8.57. The molecule has 0 aliphatic heterocycles. The summed E-state index contributed by atoms with van der Waals surface area (Å²) >= 11 is 0. The lowest BCUT2D eigenvalue weighted by atomic mass is 9.99. The van der Waals surface area contributed by atoms with Crippen molar-refractivity contribution >= 4 is 6.08 Å². The molecule has 0 spiro atoms. The first-order chi connectivity index (χ1) is 13.0. The Kier molecular flexibility index (Phi) is 6.17. The van der Waals surface area contributed by atoms with Crippen LogP contribution in [0.15, 0.2) is 73.3 Å². The van der Waals surface area contributed by atoms with E-state index in [2.05, 4.69) is 30.9 Å². The molecule has 1 fully saturated rings. The number of ether oxygens (including phenoxy) is 1. The van der Waals surface area contributed by atoms with Crippen molar-refractivity contribution in [2.45, 2.75) is 31.7 Å². The van der Waals surface area contributed by atoms with Crippen LogP contribution in [-0.2, 0) is 17.5 Å². The third kappa shape index (κ3) is 5.10. The van der Waals surface area contributed by atoms with Crippen molar-refractivity contribution in [3.8, 4) is 0 Å². The Balaban J connectivity index is 1.65. The summed E-state index contributed by atoms with van der Waals surface area (Å²) in [5.74, 6) is 0.521. The smallest absolute Gasteiger partial charge is 0.372 e. The lowest BCUT2D eigenvalue weighted by Crippen LogP contribution is -2.23. The van der Waals surface area contributed by atoms with E-state index in [1.165, 1.54) is 12.1 Å². The van der Waals surface area contributed by atoms with Crippen molar-refractivity contribution < 1.29 is 17.9 Å². The van der Waals surface area contributed by atoms with E-state index in [1.807, 2.05) is 24.3 Å². The first kappa shape index (κ1) is 19.4. The zero-order valence-electron chi connectivity index (χ0n) is 15.0. The average molecular weight is 372 g/mol. The lowest BCUT2D eigenvalue weighted by molar-refractivity contribution is -0.137. The molecule has 1 nitrogen and oxygen atoms in total. The minimum atomic E-state index is -4.31. The predicted octanol–water partition coefficient (Wildman–Crippen LogP) is 6.52. The molecule has 1 aliphatic carbocycles. The standard InChI is InChI=1S/C23H23F3O/c1-2-19-12-13-20(11-8-17-6-4-3-5-7-17)22(19)27-16-18-9-14-21(15-10-18)23(24,25)26/h2-11,14-15,19-20,22H,1,12-13,16H2/b11-8+/t19-,20+,22-/m0/s1. The first-order valence-corrected chi connectivity index (χ1v) is 9.11. The Labute approximate surface area is 158 Å². The van der Waals surface area contributed by atoms with Gasteiger partial charge in [0.25, 0.3) is 0 Å². The minimum Gasteiger partial charge on any atom is -0.372 e. The predicted molar refractivity (Wildman–Crippen MR) is 102 cm³/mol. The molecule has 0 heterocycles. The van der Waals surface area contributed by atoms with Gasteiger partial charge in [0.15, 0.2) is 0 Å². The molecule has 4 heteroatoms. The fourth-order valence-corrected chi connectivity index (χ4v) is 3.52. The van der Waals surface area contributed by atoms with Crippen LogP contribution in [-0.4, -0.2) is 6.10 Å². The Morgan fingerprint density at radius 3 is 2.26 bits per heavy atom. The molecule has 1 aliphatic rings. The molecule has 1 saturated carbocycles. The zero-order chi connectivity index (χ0) is 19.3. The number of rotatable bonds is 6. The van der Waals surface area contributed by atoms with Crippen LogP contribution in [0.2, 0.25) is 0 Å². The molecule has 0 amide bonds. The van der Waals surface area contributed by atoms with Gasteiger partial charge in [0, 0.05) is 11.8 Å². The van der Waals surface area contributed by atoms with Crippen molar-refractivity contribution in [1.29, 1.82) is 0 Å². The largest absolute Gasteiger partial charge is 0.416 e. The number of benzene rings is 2. The maximum atomic E-state index is 12.7. The topological polar surface area (TPSA) is 9.23 Å². The SMILES string of the molecule is C=C[C@H]1CC[C@@H](/C=C/c2ccccc2)[C@H]1OCc1ccc(C(F)(F)F)cc1. The van der Waals surface area contributed by atoms with Crippen LogP contribution in [0.25, 0.3) is 6.08 Å².